The van der Waals surface area contributed by atoms with Gasteiger partial charge in [-0.2, -0.15) is 4.98 Å². The fraction of sp³-hybridized carbons (Fsp3) is 0.440. The van der Waals surface area contributed by atoms with Gasteiger partial charge in [0, 0.05) is 18.7 Å². The molecule has 0 bridgehead atoms. The molecule has 0 N–H and O–H groups in total. The van der Waals surface area contributed by atoms with E-state index < -0.39 is 0 Å². The first-order chi connectivity index (χ1) is 16.0. The van der Waals surface area contributed by atoms with Crippen molar-refractivity contribution in [2.45, 2.75) is 53.1 Å². The second kappa shape index (κ2) is 9.09. The molecular weight excluding hydrogens is 434 g/mol. The van der Waals surface area contributed by atoms with Crippen molar-refractivity contribution < 1.29 is 9.47 Å². The van der Waals surface area contributed by atoms with Gasteiger partial charge in [0.25, 0.3) is 0 Å². The second-order valence-corrected chi connectivity index (χ2v) is 9.59. The first-order valence-electron chi connectivity index (χ1n) is 11.7. The van der Waals surface area contributed by atoms with Crippen molar-refractivity contribution in [1.82, 2.24) is 19.9 Å². The maximum atomic E-state index is 5.95. The zero-order chi connectivity index (χ0) is 22.9. The van der Waals surface area contributed by atoms with Crippen LogP contribution in [0.3, 0.4) is 0 Å². The van der Waals surface area contributed by atoms with Crippen LogP contribution in [0, 0.1) is 6.92 Å². The molecule has 1 aliphatic heterocycles. The monoisotopic (exact) mass is 463 g/mol. The van der Waals surface area contributed by atoms with Gasteiger partial charge in [-0.1, -0.05) is 0 Å². The van der Waals surface area contributed by atoms with Crippen LogP contribution in [0.5, 0.6) is 11.6 Å². The SMILES string of the molecule is CCOc1nc(N2CCCCC2)nc2c1sc1nc(-c3ccc(OC(C)C)cc3)nc(C)c12. The number of fused-ring (bicyclic) bond motifs is 3. The Hall–Kier alpha value is -3.00. The zero-order valence-electron chi connectivity index (χ0n) is 19.6. The van der Waals surface area contributed by atoms with Crippen molar-refractivity contribution in [2.75, 3.05) is 24.6 Å². The molecule has 1 fully saturated rings. The van der Waals surface area contributed by atoms with Crippen LogP contribution in [0.4, 0.5) is 5.95 Å². The molecular formula is C25H29N5O2S. The lowest BCUT2D eigenvalue weighted by Crippen LogP contribution is -2.31. The van der Waals surface area contributed by atoms with E-state index in [0.717, 1.165) is 56.5 Å². The van der Waals surface area contributed by atoms with Crippen molar-refractivity contribution in [2.24, 2.45) is 0 Å². The third-order valence-electron chi connectivity index (χ3n) is 5.72. The molecule has 5 rings (SSSR count). The Balaban J connectivity index is 1.61. The van der Waals surface area contributed by atoms with E-state index in [-0.39, 0.29) is 6.10 Å². The summed E-state index contributed by atoms with van der Waals surface area (Å²) in [7, 11) is 0. The van der Waals surface area contributed by atoms with Crippen LogP contribution in [0.1, 0.15) is 45.7 Å². The number of aromatic nitrogens is 4. The predicted molar refractivity (Wildman–Crippen MR) is 134 cm³/mol. The molecule has 4 heterocycles. The van der Waals surface area contributed by atoms with Crippen molar-refractivity contribution in [3.05, 3.63) is 30.0 Å². The summed E-state index contributed by atoms with van der Waals surface area (Å²) in [5, 5.41) is 0.986. The number of ether oxygens (including phenoxy) is 2. The Morgan fingerprint density at radius 3 is 2.45 bits per heavy atom. The number of anilines is 1. The molecule has 0 radical (unpaired) electrons. The molecule has 4 aromatic rings. The number of benzene rings is 1. The van der Waals surface area contributed by atoms with Gasteiger partial charge >= 0.3 is 0 Å². The first-order valence-corrected chi connectivity index (χ1v) is 12.5. The molecule has 7 nitrogen and oxygen atoms in total. The van der Waals surface area contributed by atoms with Crippen LogP contribution in [0.15, 0.2) is 24.3 Å². The Kier molecular flexibility index (Phi) is 6.01. The van der Waals surface area contributed by atoms with E-state index in [9.17, 15) is 0 Å². The van der Waals surface area contributed by atoms with E-state index in [1.54, 1.807) is 11.3 Å². The molecule has 0 unspecified atom stereocenters. The van der Waals surface area contributed by atoms with Crippen LogP contribution in [-0.2, 0) is 0 Å². The molecule has 0 aliphatic carbocycles. The van der Waals surface area contributed by atoms with Gasteiger partial charge in [-0.05, 0) is 71.2 Å². The minimum atomic E-state index is 0.139. The molecule has 1 aromatic carbocycles. The molecule has 0 amide bonds. The summed E-state index contributed by atoms with van der Waals surface area (Å²) in [6, 6.07) is 7.94. The highest BCUT2D eigenvalue weighted by atomic mass is 32.1. The van der Waals surface area contributed by atoms with Gasteiger partial charge in [0.15, 0.2) is 5.82 Å². The molecule has 1 aliphatic rings. The maximum Gasteiger partial charge on any atom is 0.236 e. The average molecular weight is 464 g/mol. The number of piperidine rings is 1. The van der Waals surface area contributed by atoms with Crippen LogP contribution in [0.2, 0.25) is 0 Å². The minimum absolute atomic E-state index is 0.139. The van der Waals surface area contributed by atoms with Crippen LogP contribution in [0.25, 0.3) is 31.8 Å². The van der Waals surface area contributed by atoms with E-state index in [4.69, 9.17) is 29.4 Å². The number of aryl methyl sites for hydroxylation is 1. The fourth-order valence-corrected chi connectivity index (χ4v) is 5.33. The molecule has 8 heteroatoms. The number of rotatable bonds is 6. The Labute approximate surface area is 197 Å². The third kappa shape index (κ3) is 4.31. The summed E-state index contributed by atoms with van der Waals surface area (Å²) in [5.74, 6) is 2.93. The molecule has 172 valence electrons. The van der Waals surface area contributed by atoms with Gasteiger partial charge in [-0.3, -0.25) is 0 Å². The Morgan fingerprint density at radius 2 is 1.76 bits per heavy atom. The summed E-state index contributed by atoms with van der Waals surface area (Å²) >= 11 is 1.57. The number of thiophene rings is 1. The van der Waals surface area contributed by atoms with Crippen molar-refractivity contribution in [3.8, 4) is 23.0 Å². The molecule has 3 aromatic heterocycles. The molecule has 33 heavy (non-hydrogen) atoms. The predicted octanol–water partition coefficient (Wildman–Crippen LogP) is 5.79. The molecule has 0 atom stereocenters. The van der Waals surface area contributed by atoms with Crippen LogP contribution in [-0.4, -0.2) is 45.7 Å². The average Bonchev–Trinajstić information content (AvgIpc) is 3.19. The van der Waals surface area contributed by atoms with Gasteiger partial charge in [0.2, 0.25) is 11.8 Å². The second-order valence-electron chi connectivity index (χ2n) is 8.59. The highest BCUT2D eigenvalue weighted by Crippen LogP contribution is 2.40. The van der Waals surface area contributed by atoms with Crippen molar-refractivity contribution in [1.29, 1.82) is 0 Å². The number of hydrogen-bond donors (Lipinski definition) is 0. The molecule has 1 saturated heterocycles. The zero-order valence-corrected chi connectivity index (χ0v) is 20.4. The standard InChI is InChI=1S/C25H29N5O2S/c1-5-31-23-21-20(27-25(29-23)30-13-7-6-8-14-30)19-16(4)26-22(28-24(19)33-21)17-9-11-18(12-10-17)32-15(2)3/h9-12,15H,5-8,13-14H2,1-4H3. The van der Waals surface area contributed by atoms with Crippen molar-refractivity contribution in [3.63, 3.8) is 0 Å². The molecule has 0 spiro atoms. The Morgan fingerprint density at radius 1 is 1.00 bits per heavy atom. The first kappa shape index (κ1) is 21.8. The van der Waals surface area contributed by atoms with E-state index in [0.29, 0.717) is 18.3 Å². The minimum Gasteiger partial charge on any atom is -0.491 e. The summed E-state index contributed by atoms with van der Waals surface area (Å²) in [5.41, 5.74) is 2.76. The van der Waals surface area contributed by atoms with Crippen LogP contribution >= 0.6 is 11.3 Å². The quantitative estimate of drug-likeness (QED) is 0.358. The lowest BCUT2D eigenvalue weighted by atomic mass is 10.1. The maximum absolute atomic E-state index is 5.95. The van der Waals surface area contributed by atoms with E-state index in [1.165, 1.54) is 19.3 Å². The van der Waals surface area contributed by atoms with E-state index in [1.807, 2.05) is 52.0 Å². The van der Waals surface area contributed by atoms with Crippen molar-refractivity contribution >= 4 is 37.7 Å². The lowest BCUT2D eigenvalue weighted by molar-refractivity contribution is 0.242. The highest BCUT2D eigenvalue weighted by Gasteiger charge is 2.22. The normalized spacial score (nSPS) is 14.4. The van der Waals surface area contributed by atoms with E-state index in [2.05, 4.69) is 4.90 Å². The van der Waals surface area contributed by atoms with Gasteiger partial charge in [-0.25, -0.2) is 15.0 Å². The summed E-state index contributed by atoms with van der Waals surface area (Å²) < 4.78 is 12.6. The van der Waals surface area contributed by atoms with Gasteiger partial charge < -0.3 is 14.4 Å². The summed E-state index contributed by atoms with van der Waals surface area (Å²) in [6.45, 7) is 10.6. The van der Waals surface area contributed by atoms with Gasteiger partial charge in [0.05, 0.1) is 23.8 Å². The fourth-order valence-electron chi connectivity index (χ4n) is 4.22. The smallest absolute Gasteiger partial charge is 0.236 e. The lowest BCUT2D eigenvalue weighted by Gasteiger charge is -2.26. The number of nitrogens with zero attached hydrogens (tertiary/aromatic N) is 5. The topological polar surface area (TPSA) is 73.3 Å². The Bertz CT molecular complexity index is 1280. The number of hydrogen-bond acceptors (Lipinski definition) is 8. The third-order valence-corrected chi connectivity index (χ3v) is 6.78. The van der Waals surface area contributed by atoms with E-state index >= 15 is 0 Å². The molecule has 0 saturated carbocycles. The highest BCUT2D eigenvalue weighted by molar-refractivity contribution is 7.25. The summed E-state index contributed by atoms with van der Waals surface area (Å²) in [4.78, 5) is 22.7. The van der Waals surface area contributed by atoms with Gasteiger partial charge in [-0.15, -0.1) is 11.3 Å². The van der Waals surface area contributed by atoms with Gasteiger partial charge in [0.1, 0.15) is 20.8 Å². The van der Waals surface area contributed by atoms with Crippen LogP contribution < -0.4 is 14.4 Å². The largest absolute Gasteiger partial charge is 0.491 e. The summed E-state index contributed by atoms with van der Waals surface area (Å²) in [6.07, 6.45) is 3.74.